The second-order valence-electron chi connectivity index (χ2n) is 4.99. The quantitative estimate of drug-likeness (QED) is 0.758. The molecule has 1 saturated heterocycles. The molecule has 6 heteroatoms. The van der Waals surface area contributed by atoms with Crippen LogP contribution in [0.5, 0.6) is 0 Å². The Morgan fingerprint density at radius 2 is 2.37 bits per heavy atom. The molecule has 1 aliphatic heterocycles. The zero-order valence-corrected chi connectivity index (χ0v) is 10.8. The van der Waals surface area contributed by atoms with Gasteiger partial charge in [-0.2, -0.15) is 0 Å². The summed E-state index contributed by atoms with van der Waals surface area (Å²) in [5.41, 5.74) is 0.852. The maximum absolute atomic E-state index is 11.1. The Hall–Kier alpha value is -1.95. The lowest BCUT2D eigenvalue weighted by Crippen LogP contribution is -2.26. The Morgan fingerprint density at radius 3 is 3.16 bits per heavy atom. The number of nitrogens with zero attached hydrogens (tertiary/aromatic N) is 4. The van der Waals surface area contributed by atoms with Crippen molar-refractivity contribution in [3.8, 4) is 0 Å². The smallest absolute Gasteiger partial charge is 0.306 e. The lowest BCUT2D eigenvalue weighted by atomic mass is 10.1. The molecule has 0 bridgehead atoms. The van der Waals surface area contributed by atoms with Crippen molar-refractivity contribution in [3.63, 3.8) is 0 Å². The predicted octanol–water partition coefficient (Wildman–Crippen LogP) is 0.724. The molecule has 0 aromatic carbocycles. The van der Waals surface area contributed by atoms with Gasteiger partial charge in [-0.3, -0.25) is 14.1 Å². The van der Waals surface area contributed by atoms with Gasteiger partial charge >= 0.3 is 5.97 Å². The van der Waals surface area contributed by atoms with Gasteiger partial charge in [-0.15, -0.1) is 10.2 Å². The molecule has 6 nitrogen and oxygen atoms in total. The normalized spacial score (nSPS) is 19.3. The summed E-state index contributed by atoms with van der Waals surface area (Å²) in [6, 6.07) is 5.84. The molecular weight excluding hydrogens is 244 g/mol. The zero-order valence-electron chi connectivity index (χ0n) is 10.8. The summed E-state index contributed by atoms with van der Waals surface area (Å²) >= 11 is 0. The first-order chi connectivity index (χ1) is 9.22. The van der Waals surface area contributed by atoms with Crippen molar-refractivity contribution in [2.24, 2.45) is 5.92 Å². The molecule has 0 aliphatic carbocycles. The fourth-order valence-electron chi connectivity index (χ4n) is 2.43. The first-order valence-corrected chi connectivity index (χ1v) is 6.35. The lowest BCUT2D eigenvalue weighted by Gasteiger charge is -2.18. The first kappa shape index (κ1) is 12.1. The van der Waals surface area contributed by atoms with Gasteiger partial charge in [0, 0.05) is 18.7 Å². The fraction of sp³-hybridized carbons (Fsp3) is 0.462. The van der Waals surface area contributed by atoms with Crippen LogP contribution >= 0.6 is 0 Å². The molecule has 1 atom stereocenters. The number of carbonyl (C=O) groups is 1. The van der Waals surface area contributed by atoms with Crippen LogP contribution in [-0.4, -0.2) is 45.7 Å². The van der Waals surface area contributed by atoms with E-state index >= 15 is 0 Å². The number of hydrogen-bond acceptors (Lipinski definition) is 5. The van der Waals surface area contributed by atoms with Crippen molar-refractivity contribution >= 4 is 11.6 Å². The van der Waals surface area contributed by atoms with E-state index in [0.29, 0.717) is 19.6 Å². The van der Waals surface area contributed by atoms with Gasteiger partial charge in [0.25, 0.3) is 0 Å². The highest BCUT2D eigenvalue weighted by Gasteiger charge is 2.25. The average molecular weight is 260 g/mol. The molecule has 19 heavy (non-hydrogen) atoms. The molecule has 0 spiro atoms. The summed E-state index contributed by atoms with van der Waals surface area (Å²) in [6.45, 7) is 2.06. The summed E-state index contributed by atoms with van der Waals surface area (Å²) in [6.07, 6.45) is 2.48. The van der Waals surface area contributed by atoms with E-state index in [1.807, 2.05) is 35.8 Å². The number of aromatic nitrogens is 3. The minimum absolute atomic E-state index is 0.0914. The van der Waals surface area contributed by atoms with Crippen LogP contribution in [0.25, 0.3) is 5.65 Å². The SMILES string of the molecule is CN(Cc1nnc2ccccn12)CC1COC(=O)C1. The van der Waals surface area contributed by atoms with E-state index in [1.54, 1.807) is 0 Å². The summed E-state index contributed by atoms with van der Waals surface area (Å²) in [5, 5.41) is 8.32. The van der Waals surface area contributed by atoms with Gasteiger partial charge in [-0.05, 0) is 19.2 Å². The second-order valence-corrected chi connectivity index (χ2v) is 4.99. The van der Waals surface area contributed by atoms with Crippen molar-refractivity contribution in [1.82, 2.24) is 19.5 Å². The highest BCUT2D eigenvalue weighted by atomic mass is 16.5. The van der Waals surface area contributed by atoms with E-state index in [9.17, 15) is 4.79 Å². The summed E-state index contributed by atoms with van der Waals surface area (Å²) in [7, 11) is 2.02. The Bertz CT molecular complexity index is 595. The maximum atomic E-state index is 11.1. The largest absolute Gasteiger partial charge is 0.465 e. The van der Waals surface area contributed by atoms with Gasteiger partial charge in [0.15, 0.2) is 11.5 Å². The Morgan fingerprint density at radius 1 is 1.47 bits per heavy atom. The topological polar surface area (TPSA) is 59.7 Å². The summed E-state index contributed by atoms with van der Waals surface area (Å²) < 4.78 is 6.95. The molecular formula is C13H16N4O2. The van der Waals surface area contributed by atoms with Gasteiger partial charge in [-0.1, -0.05) is 6.07 Å². The van der Waals surface area contributed by atoms with Gasteiger partial charge in [-0.25, -0.2) is 0 Å². The van der Waals surface area contributed by atoms with Crippen molar-refractivity contribution in [1.29, 1.82) is 0 Å². The molecule has 0 N–H and O–H groups in total. The van der Waals surface area contributed by atoms with Crippen LogP contribution in [0.2, 0.25) is 0 Å². The van der Waals surface area contributed by atoms with Crippen molar-refractivity contribution in [3.05, 3.63) is 30.2 Å². The van der Waals surface area contributed by atoms with Crippen LogP contribution in [0.15, 0.2) is 24.4 Å². The molecule has 0 amide bonds. The third kappa shape index (κ3) is 2.58. The number of carbonyl (C=O) groups excluding carboxylic acids is 1. The molecule has 0 saturated carbocycles. The van der Waals surface area contributed by atoms with E-state index in [4.69, 9.17) is 4.74 Å². The van der Waals surface area contributed by atoms with E-state index in [0.717, 1.165) is 18.0 Å². The number of rotatable bonds is 4. The van der Waals surface area contributed by atoms with Crippen LogP contribution < -0.4 is 0 Å². The summed E-state index contributed by atoms with van der Waals surface area (Å²) in [4.78, 5) is 13.2. The van der Waals surface area contributed by atoms with Crippen LogP contribution in [0, 0.1) is 5.92 Å². The molecule has 1 unspecified atom stereocenters. The Kier molecular flexibility index (Phi) is 3.16. The summed E-state index contributed by atoms with van der Waals surface area (Å²) in [5.74, 6) is 1.10. The van der Waals surface area contributed by atoms with Gasteiger partial charge in [0.05, 0.1) is 19.6 Å². The third-order valence-electron chi connectivity index (χ3n) is 3.30. The minimum atomic E-state index is -0.0914. The van der Waals surface area contributed by atoms with E-state index in [1.165, 1.54) is 0 Å². The molecule has 3 heterocycles. The Balaban J connectivity index is 1.66. The van der Waals surface area contributed by atoms with Gasteiger partial charge in [0.2, 0.25) is 0 Å². The zero-order chi connectivity index (χ0) is 13.2. The maximum Gasteiger partial charge on any atom is 0.306 e. The minimum Gasteiger partial charge on any atom is -0.465 e. The van der Waals surface area contributed by atoms with Crippen LogP contribution in [0.4, 0.5) is 0 Å². The van der Waals surface area contributed by atoms with Crippen LogP contribution in [-0.2, 0) is 16.1 Å². The molecule has 0 radical (unpaired) electrons. The molecule has 1 aliphatic rings. The highest BCUT2D eigenvalue weighted by molar-refractivity contribution is 5.71. The lowest BCUT2D eigenvalue weighted by molar-refractivity contribution is -0.137. The van der Waals surface area contributed by atoms with Gasteiger partial charge < -0.3 is 4.74 Å². The van der Waals surface area contributed by atoms with Crippen molar-refractivity contribution < 1.29 is 9.53 Å². The third-order valence-corrected chi connectivity index (χ3v) is 3.30. The monoisotopic (exact) mass is 260 g/mol. The number of hydrogen-bond donors (Lipinski definition) is 0. The standard InChI is InChI=1S/C13H16N4O2/c1-16(7-10-6-13(18)19-9-10)8-12-15-14-11-4-2-3-5-17(11)12/h2-5,10H,6-9H2,1H3. The van der Waals surface area contributed by atoms with Crippen molar-refractivity contribution in [2.45, 2.75) is 13.0 Å². The number of ether oxygens (including phenoxy) is 1. The number of esters is 1. The van der Waals surface area contributed by atoms with Crippen LogP contribution in [0.1, 0.15) is 12.2 Å². The molecule has 2 aromatic rings. The number of pyridine rings is 1. The Labute approximate surface area is 111 Å². The van der Waals surface area contributed by atoms with E-state index in [-0.39, 0.29) is 11.9 Å². The van der Waals surface area contributed by atoms with E-state index in [2.05, 4.69) is 15.1 Å². The molecule has 1 fully saturated rings. The molecule has 2 aromatic heterocycles. The van der Waals surface area contributed by atoms with Crippen LogP contribution in [0.3, 0.4) is 0 Å². The highest BCUT2D eigenvalue weighted by Crippen LogP contribution is 2.15. The van der Waals surface area contributed by atoms with Crippen molar-refractivity contribution in [2.75, 3.05) is 20.2 Å². The van der Waals surface area contributed by atoms with Gasteiger partial charge in [0.1, 0.15) is 0 Å². The second kappa shape index (κ2) is 4.97. The van der Waals surface area contributed by atoms with E-state index < -0.39 is 0 Å². The fourth-order valence-corrected chi connectivity index (χ4v) is 2.43. The molecule has 3 rings (SSSR count). The number of fused-ring (bicyclic) bond motifs is 1. The average Bonchev–Trinajstić information content (AvgIpc) is 2.97. The number of cyclic esters (lactones) is 1. The molecule has 100 valence electrons. The predicted molar refractivity (Wildman–Crippen MR) is 68.4 cm³/mol. The first-order valence-electron chi connectivity index (χ1n) is 6.35.